The fourth-order valence-electron chi connectivity index (χ4n) is 3.36. The number of hydrogen-bond donors (Lipinski definition) is 0. The molecule has 0 amide bonds. The largest absolute Gasteiger partial charge is 0.494 e. The van der Waals surface area contributed by atoms with Crippen molar-refractivity contribution in [1.29, 1.82) is 0 Å². The van der Waals surface area contributed by atoms with Gasteiger partial charge in [-0.15, -0.1) is 0 Å². The Kier molecular flexibility index (Phi) is 4.48. The Morgan fingerprint density at radius 3 is 2.40 bits per heavy atom. The number of aromatic nitrogens is 2. The highest BCUT2D eigenvalue weighted by atomic mass is 16.5. The van der Waals surface area contributed by atoms with E-state index in [1.54, 1.807) is 19.5 Å². The molecule has 3 aromatic rings. The van der Waals surface area contributed by atoms with Gasteiger partial charge in [-0.1, -0.05) is 42.5 Å². The number of fused-ring (bicyclic) bond motifs is 1. The fraction of sp³-hybridized carbons (Fsp3) is 0.300. The first-order valence-corrected chi connectivity index (χ1v) is 8.63. The minimum atomic E-state index is 0.693. The molecular formula is C20H22N4O. The molecule has 5 heteroatoms. The highest BCUT2D eigenvalue weighted by Gasteiger charge is 2.19. The van der Waals surface area contributed by atoms with Crippen molar-refractivity contribution in [1.82, 2.24) is 14.9 Å². The quantitative estimate of drug-likeness (QED) is 0.734. The first-order chi connectivity index (χ1) is 12.3. The van der Waals surface area contributed by atoms with Gasteiger partial charge in [0, 0.05) is 32.7 Å². The number of ether oxygens (including phenoxy) is 1. The highest BCUT2D eigenvalue weighted by molar-refractivity contribution is 5.85. The van der Waals surface area contributed by atoms with E-state index in [1.807, 2.05) is 0 Å². The van der Waals surface area contributed by atoms with Crippen molar-refractivity contribution >= 4 is 16.7 Å². The summed E-state index contributed by atoms with van der Waals surface area (Å²) in [7, 11) is 1.63. The lowest BCUT2D eigenvalue weighted by atomic mass is 10.0. The molecular weight excluding hydrogens is 312 g/mol. The summed E-state index contributed by atoms with van der Waals surface area (Å²) in [5.74, 6) is 1.48. The Balaban J connectivity index is 1.41. The van der Waals surface area contributed by atoms with E-state index < -0.39 is 0 Å². The van der Waals surface area contributed by atoms with Crippen LogP contribution in [0.25, 0.3) is 10.8 Å². The van der Waals surface area contributed by atoms with Crippen molar-refractivity contribution in [3.63, 3.8) is 0 Å². The van der Waals surface area contributed by atoms with E-state index >= 15 is 0 Å². The predicted octanol–water partition coefficient (Wildman–Crippen LogP) is 2.96. The van der Waals surface area contributed by atoms with Crippen LogP contribution < -0.4 is 9.64 Å². The second-order valence-electron chi connectivity index (χ2n) is 6.32. The fourth-order valence-corrected chi connectivity index (χ4v) is 3.36. The van der Waals surface area contributed by atoms with Crippen molar-refractivity contribution in [3.05, 3.63) is 60.4 Å². The second kappa shape index (κ2) is 7.07. The Morgan fingerprint density at radius 1 is 0.920 bits per heavy atom. The number of methoxy groups -OCH3 is 1. The van der Waals surface area contributed by atoms with Crippen molar-refractivity contribution in [2.75, 3.05) is 38.2 Å². The molecule has 1 aliphatic rings. The third-order valence-electron chi connectivity index (χ3n) is 4.78. The summed E-state index contributed by atoms with van der Waals surface area (Å²) in [4.78, 5) is 13.5. The van der Waals surface area contributed by atoms with E-state index in [4.69, 9.17) is 4.74 Å². The number of piperazine rings is 1. The first kappa shape index (κ1) is 15.8. The number of benzene rings is 2. The maximum absolute atomic E-state index is 5.12. The number of anilines is 1. The first-order valence-electron chi connectivity index (χ1n) is 8.63. The highest BCUT2D eigenvalue weighted by Crippen LogP contribution is 2.21. The number of nitrogens with zero attached hydrogens (tertiary/aromatic N) is 4. The van der Waals surface area contributed by atoms with Crippen LogP contribution >= 0.6 is 0 Å². The molecule has 0 saturated carbocycles. The molecule has 1 saturated heterocycles. The van der Waals surface area contributed by atoms with Gasteiger partial charge in [0.1, 0.15) is 0 Å². The topological polar surface area (TPSA) is 41.5 Å². The van der Waals surface area contributed by atoms with Gasteiger partial charge in [-0.05, 0) is 16.3 Å². The smallest absolute Gasteiger partial charge is 0.225 e. The number of hydrogen-bond acceptors (Lipinski definition) is 5. The molecule has 0 aliphatic carbocycles. The molecule has 2 heterocycles. The molecule has 0 bridgehead atoms. The maximum atomic E-state index is 5.12. The summed E-state index contributed by atoms with van der Waals surface area (Å²) in [5.41, 5.74) is 1.40. The lowest BCUT2D eigenvalue weighted by Crippen LogP contribution is -2.46. The molecule has 1 fully saturated rings. The van der Waals surface area contributed by atoms with Crippen molar-refractivity contribution < 1.29 is 4.74 Å². The van der Waals surface area contributed by atoms with Crippen LogP contribution in [0, 0.1) is 0 Å². The van der Waals surface area contributed by atoms with E-state index in [9.17, 15) is 0 Å². The minimum Gasteiger partial charge on any atom is -0.494 e. The lowest BCUT2D eigenvalue weighted by Gasteiger charge is -2.34. The molecule has 2 aromatic carbocycles. The van der Waals surface area contributed by atoms with Crippen molar-refractivity contribution in [2.45, 2.75) is 6.54 Å². The third-order valence-corrected chi connectivity index (χ3v) is 4.78. The molecule has 4 rings (SSSR count). The van der Waals surface area contributed by atoms with Gasteiger partial charge in [0.2, 0.25) is 5.95 Å². The van der Waals surface area contributed by atoms with Crippen LogP contribution in [0.1, 0.15) is 5.56 Å². The molecule has 128 valence electrons. The molecule has 25 heavy (non-hydrogen) atoms. The summed E-state index contributed by atoms with van der Waals surface area (Å²) in [5, 5.41) is 2.66. The van der Waals surface area contributed by atoms with Gasteiger partial charge < -0.3 is 9.64 Å². The van der Waals surface area contributed by atoms with Gasteiger partial charge in [0.05, 0.1) is 19.5 Å². The standard InChI is InChI=1S/C20H22N4O/c1-25-18-13-21-20(22-14-18)24-11-9-23(10-12-24)15-17-7-4-6-16-5-2-3-8-19(16)17/h2-8,13-14H,9-12,15H2,1H3. The lowest BCUT2D eigenvalue weighted by molar-refractivity contribution is 0.249. The molecule has 0 radical (unpaired) electrons. The van der Waals surface area contributed by atoms with Gasteiger partial charge in [-0.2, -0.15) is 0 Å². The zero-order valence-corrected chi connectivity index (χ0v) is 14.4. The molecule has 0 spiro atoms. The molecule has 0 N–H and O–H groups in total. The SMILES string of the molecule is COc1cnc(N2CCN(Cc3cccc4ccccc34)CC2)nc1. The predicted molar refractivity (Wildman–Crippen MR) is 100 cm³/mol. The van der Waals surface area contributed by atoms with Crippen LogP contribution in [0.3, 0.4) is 0 Å². The minimum absolute atomic E-state index is 0.693. The van der Waals surface area contributed by atoms with Gasteiger partial charge in [0.25, 0.3) is 0 Å². The molecule has 0 unspecified atom stereocenters. The summed E-state index contributed by atoms with van der Waals surface area (Å²) >= 11 is 0. The molecule has 0 atom stereocenters. The van der Waals surface area contributed by atoms with Crippen LogP contribution in [0.15, 0.2) is 54.9 Å². The van der Waals surface area contributed by atoms with Crippen LogP contribution in [-0.2, 0) is 6.54 Å². The second-order valence-corrected chi connectivity index (χ2v) is 6.32. The average Bonchev–Trinajstić information content (AvgIpc) is 2.69. The third kappa shape index (κ3) is 3.42. The Labute approximate surface area is 147 Å². The van der Waals surface area contributed by atoms with Crippen molar-refractivity contribution in [2.24, 2.45) is 0 Å². The van der Waals surface area contributed by atoms with Crippen LogP contribution in [-0.4, -0.2) is 48.2 Å². The number of rotatable bonds is 4. The molecule has 1 aliphatic heterocycles. The van der Waals surface area contributed by atoms with E-state index in [2.05, 4.69) is 62.2 Å². The average molecular weight is 334 g/mol. The van der Waals surface area contributed by atoms with Crippen molar-refractivity contribution in [3.8, 4) is 5.75 Å². The molecule has 5 nitrogen and oxygen atoms in total. The Bertz CT molecular complexity index is 836. The van der Waals surface area contributed by atoms with Crippen LogP contribution in [0.5, 0.6) is 5.75 Å². The van der Waals surface area contributed by atoms with Gasteiger partial charge in [0.15, 0.2) is 5.75 Å². The summed E-state index contributed by atoms with van der Waals surface area (Å²) in [6.45, 7) is 4.89. The van der Waals surface area contributed by atoms with E-state index in [-0.39, 0.29) is 0 Å². The zero-order valence-electron chi connectivity index (χ0n) is 14.4. The van der Waals surface area contributed by atoms with E-state index in [0.717, 1.165) is 38.7 Å². The van der Waals surface area contributed by atoms with E-state index in [0.29, 0.717) is 5.75 Å². The summed E-state index contributed by atoms with van der Waals surface area (Å²) < 4.78 is 5.12. The van der Waals surface area contributed by atoms with Crippen LogP contribution in [0.4, 0.5) is 5.95 Å². The molecule has 1 aromatic heterocycles. The zero-order chi connectivity index (χ0) is 17.1. The van der Waals surface area contributed by atoms with Gasteiger partial charge >= 0.3 is 0 Å². The monoisotopic (exact) mass is 334 g/mol. The Hall–Kier alpha value is -2.66. The summed E-state index contributed by atoms with van der Waals surface area (Å²) in [6.07, 6.45) is 3.45. The van der Waals surface area contributed by atoms with Gasteiger partial charge in [-0.3, -0.25) is 4.90 Å². The Morgan fingerprint density at radius 2 is 1.64 bits per heavy atom. The van der Waals surface area contributed by atoms with Gasteiger partial charge in [-0.25, -0.2) is 9.97 Å². The summed E-state index contributed by atoms with van der Waals surface area (Å²) in [6, 6.07) is 15.2. The van der Waals surface area contributed by atoms with E-state index in [1.165, 1.54) is 16.3 Å². The maximum Gasteiger partial charge on any atom is 0.225 e. The normalized spacial score (nSPS) is 15.5. The van der Waals surface area contributed by atoms with Crippen LogP contribution in [0.2, 0.25) is 0 Å².